The molecule has 0 bridgehead atoms. The molecule has 0 spiro atoms. The Morgan fingerprint density at radius 2 is 1.64 bits per heavy atom. The Hall–Kier alpha value is -3.15. The summed E-state index contributed by atoms with van der Waals surface area (Å²) in [7, 11) is 5.94. The Morgan fingerprint density at radius 3 is 2.20 bits per heavy atom. The van der Waals surface area contributed by atoms with Crippen molar-refractivity contribution in [2.75, 3.05) is 28.4 Å². The van der Waals surface area contributed by atoms with E-state index in [2.05, 4.69) is 0 Å². The first-order chi connectivity index (χ1) is 12.0. The molecular formula is C19H20O6. The van der Waals surface area contributed by atoms with E-state index in [1.165, 1.54) is 46.7 Å². The predicted octanol–water partition coefficient (Wildman–Crippen LogP) is 3.32. The van der Waals surface area contributed by atoms with Gasteiger partial charge in [-0.05, 0) is 36.4 Å². The normalized spacial score (nSPS) is 10.6. The summed E-state index contributed by atoms with van der Waals surface area (Å²) in [6.07, 6.45) is 2.87. The van der Waals surface area contributed by atoms with Crippen LogP contribution in [0.15, 0.2) is 36.4 Å². The third-order valence-electron chi connectivity index (χ3n) is 3.62. The van der Waals surface area contributed by atoms with Gasteiger partial charge in [-0.15, -0.1) is 0 Å². The van der Waals surface area contributed by atoms with Crippen molar-refractivity contribution < 1.29 is 28.8 Å². The number of ether oxygens (including phenoxy) is 4. The van der Waals surface area contributed by atoms with Gasteiger partial charge in [-0.3, -0.25) is 4.79 Å². The van der Waals surface area contributed by atoms with Gasteiger partial charge in [-0.1, -0.05) is 0 Å². The molecule has 0 aliphatic carbocycles. The Labute approximate surface area is 146 Å². The zero-order valence-corrected chi connectivity index (χ0v) is 14.5. The first-order valence-corrected chi connectivity index (χ1v) is 7.44. The number of carbonyl (C=O) groups is 1. The van der Waals surface area contributed by atoms with Gasteiger partial charge in [0.25, 0.3) is 0 Å². The van der Waals surface area contributed by atoms with Crippen LogP contribution < -0.4 is 18.9 Å². The molecule has 2 aromatic rings. The maximum absolute atomic E-state index is 12.5. The van der Waals surface area contributed by atoms with Crippen LogP contribution in [0.2, 0.25) is 0 Å². The molecule has 0 amide bonds. The highest BCUT2D eigenvalue weighted by atomic mass is 16.5. The number of ketones is 1. The van der Waals surface area contributed by atoms with Crippen LogP contribution in [0.1, 0.15) is 15.9 Å². The van der Waals surface area contributed by atoms with Crippen LogP contribution in [-0.2, 0) is 0 Å². The Bertz CT molecular complexity index is 795. The number of hydrogen-bond donors (Lipinski definition) is 1. The van der Waals surface area contributed by atoms with Gasteiger partial charge in [0.05, 0.1) is 34.0 Å². The SMILES string of the molecule is COc1ccc(/C=C/C(=O)c2ccc(OC)c(OC)c2OC)c(O)c1. The van der Waals surface area contributed by atoms with Crippen molar-refractivity contribution >= 4 is 11.9 Å². The fourth-order valence-corrected chi connectivity index (χ4v) is 2.34. The second-order valence-electron chi connectivity index (χ2n) is 5.00. The zero-order valence-electron chi connectivity index (χ0n) is 14.5. The molecule has 2 rings (SSSR count). The lowest BCUT2D eigenvalue weighted by atomic mass is 10.1. The summed E-state index contributed by atoms with van der Waals surface area (Å²) in [6, 6.07) is 8.06. The standard InChI is InChI=1S/C19H20O6/c1-22-13-7-5-12(16(21)11-13)6-9-15(20)14-8-10-17(23-2)19(25-4)18(14)24-3/h5-11,21H,1-4H3/b9-6+. The van der Waals surface area contributed by atoms with Gasteiger partial charge in [-0.2, -0.15) is 0 Å². The number of rotatable bonds is 7. The molecule has 0 fully saturated rings. The molecule has 0 aliphatic heterocycles. The van der Waals surface area contributed by atoms with Crippen molar-refractivity contribution in [3.05, 3.63) is 47.5 Å². The molecule has 6 nitrogen and oxygen atoms in total. The van der Waals surface area contributed by atoms with Gasteiger partial charge in [-0.25, -0.2) is 0 Å². The summed E-state index contributed by atoms with van der Waals surface area (Å²) in [4.78, 5) is 12.5. The molecule has 0 heterocycles. The largest absolute Gasteiger partial charge is 0.507 e. The van der Waals surface area contributed by atoms with E-state index in [0.717, 1.165) is 0 Å². The van der Waals surface area contributed by atoms with E-state index in [9.17, 15) is 9.90 Å². The molecule has 0 radical (unpaired) electrons. The van der Waals surface area contributed by atoms with E-state index in [1.807, 2.05) is 0 Å². The number of methoxy groups -OCH3 is 4. The van der Waals surface area contributed by atoms with Gasteiger partial charge < -0.3 is 24.1 Å². The minimum atomic E-state index is -0.298. The first kappa shape index (κ1) is 18.2. The molecule has 0 atom stereocenters. The highest BCUT2D eigenvalue weighted by molar-refractivity contribution is 6.09. The topological polar surface area (TPSA) is 74.2 Å². The molecule has 132 valence electrons. The average molecular weight is 344 g/mol. The zero-order chi connectivity index (χ0) is 18.4. The quantitative estimate of drug-likeness (QED) is 0.613. The van der Waals surface area contributed by atoms with Crippen LogP contribution in [-0.4, -0.2) is 39.3 Å². The molecule has 0 saturated carbocycles. The summed E-state index contributed by atoms with van der Waals surface area (Å²) in [6.45, 7) is 0. The van der Waals surface area contributed by atoms with Crippen molar-refractivity contribution in [2.45, 2.75) is 0 Å². The minimum absolute atomic E-state index is 0.0164. The molecule has 0 unspecified atom stereocenters. The van der Waals surface area contributed by atoms with Crippen LogP contribution >= 0.6 is 0 Å². The molecule has 25 heavy (non-hydrogen) atoms. The van der Waals surface area contributed by atoms with E-state index < -0.39 is 0 Å². The number of allylic oxidation sites excluding steroid dienone is 1. The van der Waals surface area contributed by atoms with E-state index >= 15 is 0 Å². The molecule has 2 aromatic carbocycles. The summed E-state index contributed by atoms with van der Waals surface area (Å²) in [5, 5.41) is 9.95. The van der Waals surface area contributed by atoms with Gasteiger partial charge >= 0.3 is 0 Å². The lowest BCUT2D eigenvalue weighted by molar-refractivity contribution is 0.104. The third kappa shape index (κ3) is 3.85. The summed E-state index contributed by atoms with van der Waals surface area (Å²) >= 11 is 0. The number of benzene rings is 2. The third-order valence-corrected chi connectivity index (χ3v) is 3.62. The minimum Gasteiger partial charge on any atom is -0.507 e. The second kappa shape index (κ2) is 8.10. The number of hydrogen-bond acceptors (Lipinski definition) is 6. The molecular weight excluding hydrogens is 324 g/mol. The maximum Gasteiger partial charge on any atom is 0.204 e. The van der Waals surface area contributed by atoms with Gasteiger partial charge in [0.1, 0.15) is 11.5 Å². The Balaban J connectivity index is 2.35. The molecule has 0 saturated heterocycles. The monoisotopic (exact) mass is 344 g/mol. The highest BCUT2D eigenvalue weighted by Crippen LogP contribution is 2.40. The van der Waals surface area contributed by atoms with Crippen LogP contribution in [0.5, 0.6) is 28.7 Å². The Morgan fingerprint density at radius 1 is 0.920 bits per heavy atom. The number of phenols is 1. The molecule has 6 heteroatoms. The Kier molecular flexibility index (Phi) is 5.89. The van der Waals surface area contributed by atoms with Crippen molar-refractivity contribution in [1.82, 2.24) is 0 Å². The number of aromatic hydroxyl groups is 1. The van der Waals surface area contributed by atoms with Crippen molar-refractivity contribution in [2.24, 2.45) is 0 Å². The molecule has 0 aromatic heterocycles. The van der Waals surface area contributed by atoms with Gasteiger partial charge in [0.15, 0.2) is 17.3 Å². The second-order valence-corrected chi connectivity index (χ2v) is 5.00. The fourth-order valence-electron chi connectivity index (χ4n) is 2.34. The van der Waals surface area contributed by atoms with Crippen LogP contribution in [0.25, 0.3) is 6.08 Å². The number of phenolic OH excluding ortho intramolecular Hbond substituents is 1. The first-order valence-electron chi connectivity index (χ1n) is 7.44. The van der Waals surface area contributed by atoms with E-state index in [1.54, 1.807) is 24.3 Å². The smallest absolute Gasteiger partial charge is 0.204 e. The summed E-state index contributed by atoms with van der Waals surface area (Å²) in [5.41, 5.74) is 0.818. The van der Waals surface area contributed by atoms with Crippen LogP contribution in [0, 0.1) is 0 Å². The maximum atomic E-state index is 12.5. The van der Waals surface area contributed by atoms with E-state index in [0.29, 0.717) is 28.4 Å². The van der Waals surface area contributed by atoms with Crippen LogP contribution in [0.4, 0.5) is 0 Å². The van der Waals surface area contributed by atoms with E-state index in [-0.39, 0.29) is 17.3 Å². The number of carbonyl (C=O) groups excluding carboxylic acids is 1. The van der Waals surface area contributed by atoms with Crippen molar-refractivity contribution in [3.63, 3.8) is 0 Å². The van der Waals surface area contributed by atoms with Gasteiger partial charge in [0, 0.05) is 11.6 Å². The predicted molar refractivity (Wildman–Crippen MR) is 94.1 cm³/mol. The lowest BCUT2D eigenvalue weighted by Crippen LogP contribution is -2.02. The summed E-state index contributed by atoms with van der Waals surface area (Å²) < 4.78 is 20.8. The molecule has 0 aliphatic rings. The highest BCUT2D eigenvalue weighted by Gasteiger charge is 2.19. The molecule has 1 N–H and O–H groups in total. The van der Waals surface area contributed by atoms with Crippen LogP contribution in [0.3, 0.4) is 0 Å². The average Bonchev–Trinajstić information content (AvgIpc) is 2.65. The lowest BCUT2D eigenvalue weighted by Gasteiger charge is -2.14. The summed E-state index contributed by atoms with van der Waals surface area (Å²) in [5.74, 6) is 1.35. The van der Waals surface area contributed by atoms with Crippen molar-refractivity contribution in [1.29, 1.82) is 0 Å². The van der Waals surface area contributed by atoms with E-state index in [4.69, 9.17) is 18.9 Å². The fraction of sp³-hybridized carbons (Fsp3) is 0.211. The van der Waals surface area contributed by atoms with Crippen molar-refractivity contribution in [3.8, 4) is 28.7 Å². The van der Waals surface area contributed by atoms with Gasteiger partial charge in [0.2, 0.25) is 5.75 Å².